The molecule has 0 saturated carbocycles. The summed E-state index contributed by atoms with van der Waals surface area (Å²) in [5.74, 6) is 1.16. The second-order valence-corrected chi connectivity index (χ2v) is 5.57. The van der Waals surface area contributed by atoms with Crippen LogP contribution >= 0.6 is 0 Å². The van der Waals surface area contributed by atoms with Gasteiger partial charge in [0, 0.05) is 12.2 Å². The monoisotopic (exact) mass is 213 g/mol. The SMILES string of the molecule is O=S1(=O)CCC(Nc2ccncn2)C1. The lowest BCUT2D eigenvalue weighted by Crippen LogP contribution is -2.21. The van der Waals surface area contributed by atoms with E-state index in [1.54, 1.807) is 12.3 Å². The molecule has 14 heavy (non-hydrogen) atoms. The molecule has 0 aliphatic carbocycles. The van der Waals surface area contributed by atoms with Gasteiger partial charge in [-0.15, -0.1) is 0 Å². The standard InChI is InChI=1S/C8H11N3O2S/c12-14(13)4-2-7(5-14)11-8-1-3-9-6-10-8/h1,3,6-7H,2,4-5H2,(H,9,10,11). The lowest BCUT2D eigenvalue weighted by atomic mass is 10.2. The third-order valence-corrected chi connectivity index (χ3v) is 3.93. The van der Waals surface area contributed by atoms with E-state index in [0.717, 1.165) is 0 Å². The Bertz CT molecular complexity index is 404. The summed E-state index contributed by atoms with van der Waals surface area (Å²) in [6, 6.07) is 1.72. The summed E-state index contributed by atoms with van der Waals surface area (Å²) in [6.45, 7) is 0. The Morgan fingerprint density at radius 1 is 1.50 bits per heavy atom. The molecule has 1 aliphatic rings. The van der Waals surface area contributed by atoms with Crippen LogP contribution in [0, 0.1) is 0 Å². The predicted octanol–water partition coefficient (Wildman–Crippen LogP) is 0.0756. The van der Waals surface area contributed by atoms with Gasteiger partial charge in [0.1, 0.15) is 12.1 Å². The maximum absolute atomic E-state index is 11.2. The summed E-state index contributed by atoms with van der Waals surface area (Å²) in [5.41, 5.74) is 0. The van der Waals surface area contributed by atoms with Crippen molar-refractivity contribution in [2.75, 3.05) is 16.8 Å². The smallest absolute Gasteiger partial charge is 0.152 e. The molecule has 6 heteroatoms. The lowest BCUT2D eigenvalue weighted by molar-refractivity contribution is 0.602. The highest BCUT2D eigenvalue weighted by Gasteiger charge is 2.27. The minimum atomic E-state index is -2.82. The van der Waals surface area contributed by atoms with Crippen molar-refractivity contribution in [1.29, 1.82) is 0 Å². The number of hydrogen-bond acceptors (Lipinski definition) is 5. The van der Waals surface area contributed by atoms with Gasteiger partial charge in [-0.3, -0.25) is 0 Å². The van der Waals surface area contributed by atoms with Crippen molar-refractivity contribution in [1.82, 2.24) is 9.97 Å². The zero-order valence-corrected chi connectivity index (χ0v) is 8.37. The van der Waals surface area contributed by atoms with E-state index in [4.69, 9.17) is 0 Å². The second kappa shape index (κ2) is 3.53. The van der Waals surface area contributed by atoms with Gasteiger partial charge in [-0.05, 0) is 12.5 Å². The van der Waals surface area contributed by atoms with E-state index in [9.17, 15) is 8.42 Å². The zero-order valence-electron chi connectivity index (χ0n) is 7.55. The van der Waals surface area contributed by atoms with E-state index in [0.29, 0.717) is 12.2 Å². The highest BCUT2D eigenvalue weighted by molar-refractivity contribution is 7.91. The Labute approximate surface area is 82.5 Å². The Morgan fingerprint density at radius 3 is 2.93 bits per heavy atom. The number of hydrogen-bond donors (Lipinski definition) is 1. The summed E-state index contributed by atoms with van der Waals surface area (Å²) in [5, 5.41) is 3.07. The minimum Gasteiger partial charge on any atom is -0.366 e. The first-order valence-corrected chi connectivity index (χ1v) is 6.21. The van der Waals surface area contributed by atoms with Crippen LogP contribution in [0.2, 0.25) is 0 Å². The summed E-state index contributed by atoms with van der Waals surface area (Å²) in [7, 11) is -2.82. The van der Waals surface area contributed by atoms with Crippen molar-refractivity contribution in [2.24, 2.45) is 0 Å². The second-order valence-electron chi connectivity index (χ2n) is 3.34. The van der Waals surface area contributed by atoms with Gasteiger partial charge in [0.2, 0.25) is 0 Å². The fourth-order valence-electron chi connectivity index (χ4n) is 1.49. The van der Waals surface area contributed by atoms with Crippen LogP contribution in [0.15, 0.2) is 18.6 Å². The number of rotatable bonds is 2. The molecule has 1 aliphatic heterocycles. The minimum absolute atomic E-state index is 0.00472. The van der Waals surface area contributed by atoms with E-state index >= 15 is 0 Å². The fraction of sp³-hybridized carbons (Fsp3) is 0.500. The van der Waals surface area contributed by atoms with Gasteiger partial charge < -0.3 is 5.32 Å². The maximum atomic E-state index is 11.2. The Balaban J connectivity index is 2.01. The molecule has 5 nitrogen and oxygen atoms in total. The van der Waals surface area contributed by atoms with E-state index in [2.05, 4.69) is 15.3 Å². The number of aromatic nitrogens is 2. The van der Waals surface area contributed by atoms with Crippen molar-refractivity contribution in [3.05, 3.63) is 18.6 Å². The van der Waals surface area contributed by atoms with Crippen molar-refractivity contribution < 1.29 is 8.42 Å². The molecule has 0 aromatic carbocycles. The maximum Gasteiger partial charge on any atom is 0.152 e. The summed E-state index contributed by atoms with van der Waals surface area (Å²) < 4.78 is 22.3. The van der Waals surface area contributed by atoms with E-state index in [1.165, 1.54) is 6.33 Å². The van der Waals surface area contributed by atoms with Crippen LogP contribution in [0.25, 0.3) is 0 Å². The van der Waals surface area contributed by atoms with Gasteiger partial charge in [0.25, 0.3) is 0 Å². The lowest BCUT2D eigenvalue weighted by Gasteiger charge is -2.10. The van der Waals surface area contributed by atoms with Crippen LogP contribution in [0.3, 0.4) is 0 Å². The summed E-state index contributed by atoms with van der Waals surface area (Å²) in [4.78, 5) is 7.75. The Hall–Kier alpha value is -1.17. The molecule has 1 N–H and O–H groups in total. The number of nitrogens with one attached hydrogen (secondary N) is 1. The van der Waals surface area contributed by atoms with Crippen molar-refractivity contribution in [3.8, 4) is 0 Å². The molecule has 2 heterocycles. The average Bonchev–Trinajstić information content (AvgIpc) is 2.47. The summed E-state index contributed by atoms with van der Waals surface area (Å²) >= 11 is 0. The van der Waals surface area contributed by atoms with Crippen molar-refractivity contribution >= 4 is 15.7 Å². The number of sulfone groups is 1. The van der Waals surface area contributed by atoms with Gasteiger partial charge in [-0.25, -0.2) is 18.4 Å². The third-order valence-electron chi connectivity index (χ3n) is 2.17. The van der Waals surface area contributed by atoms with Gasteiger partial charge >= 0.3 is 0 Å². The highest BCUT2D eigenvalue weighted by atomic mass is 32.2. The third kappa shape index (κ3) is 2.20. The van der Waals surface area contributed by atoms with Gasteiger partial charge in [-0.2, -0.15) is 0 Å². The predicted molar refractivity (Wildman–Crippen MR) is 52.7 cm³/mol. The Morgan fingerprint density at radius 2 is 2.36 bits per heavy atom. The molecular weight excluding hydrogens is 202 g/mol. The van der Waals surface area contributed by atoms with Crippen LogP contribution in [0.4, 0.5) is 5.82 Å². The molecule has 0 bridgehead atoms. The van der Waals surface area contributed by atoms with Crippen LogP contribution in [-0.4, -0.2) is 35.9 Å². The van der Waals surface area contributed by atoms with Gasteiger partial charge in [0.05, 0.1) is 11.5 Å². The van der Waals surface area contributed by atoms with E-state index < -0.39 is 9.84 Å². The molecule has 1 aromatic heterocycles. The van der Waals surface area contributed by atoms with Crippen molar-refractivity contribution in [2.45, 2.75) is 12.5 Å². The molecule has 76 valence electrons. The van der Waals surface area contributed by atoms with E-state index in [-0.39, 0.29) is 17.5 Å². The molecule has 0 spiro atoms. The molecule has 1 saturated heterocycles. The van der Waals surface area contributed by atoms with Crippen LogP contribution in [0.5, 0.6) is 0 Å². The molecular formula is C8H11N3O2S. The molecule has 1 unspecified atom stereocenters. The van der Waals surface area contributed by atoms with Crippen LogP contribution in [-0.2, 0) is 9.84 Å². The van der Waals surface area contributed by atoms with Gasteiger partial charge in [0.15, 0.2) is 9.84 Å². The fourth-order valence-corrected chi connectivity index (χ4v) is 3.17. The van der Waals surface area contributed by atoms with Crippen LogP contribution in [0.1, 0.15) is 6.42 Å². The average molecular weight is 213 g/mol. The van der Waals surface area contributed by atoms with E-state index in [1.807, 2.05) is 0 Å². The number of nitrogens with zero attached hydrogens (tertiary/aromatic N) is 2. The normalized spacial score (nSPS) is 24.7. The molecule has 1 atom stereocenters. The topological polar surface area (TPSA) is 72.0 Å². The highest BCUT2D eigenvalue weighted by Crippen LogP contribution is 2.15. The molecule has 0 amide bonds. The summed E-state index contributed by atoms with van der Waals surface area (Å²) in [6.07, 6.45) is 3.72. The number of anilines is 1. The zero-order chi connectivity index (χ0) is 10.0. The molecule has 1 aromatic rings. The first-order valence-electron chi connectivity index (χ1n) is 4.39. The van der Waals surface area contributed by atoms with Crippen LogP contribution < -0.4 is 5.32 Å². The van der Waals surface area contributed by atoms with Gasteiger partial charge in [-0.1, -0.05) is 0 Å². The molecule has 2 rings (SSSR count). The Kier molecular flexibility index (Phi) is 2.37. The first kappa shape index (κ1) is 9.39. The first-order chi connectivity index (χ1) is 6.66. The quantitative estimate of drug-likeness (QED) is 0.753. The van der Waals surface area contributed by atoms with Crippen molar-refractivity contribution in [3.63, 3.8) is 0 Å². The molecule has 0 radical (unpaired) electrons. The molecule has 1 fully saturated rings. The largest absolute Gasteiger partial charge is 0.366 e.